The van der Waals surface area contributed by atoms with Gasteiger partial charge in [-0.1, -0.05) is 37.5 Å². The number of aliphatic hydroxyl groups is 2. The van der Waals surface area contributed by atoms with Crippen LogP contribution in [0, 0.1) is 5.92 Å². The van der Waals surface area contributed by atoms with Gasteiger partial charge in [0.25, 0.3) is 5.56 Å². The van der Waals surface area contributed by atoms with Gasteiger partial charge in [-0.05, 0) is 99.1 Å². The zero-order valence-corrected chi connectivity index (χ0v) is 26.5. The van der Waals surface area contributed by atoms with Crippen molar-refractivity contribution < 1.29 is 19.8 Å². The van der Waals surface area contributed by atoms with Gasteiger partial charge in [0, 0.05) is 30.0 Å². The maximum Gasteiger partial charge on any atom is 0.274 e. The number of anilines is 2. The third kappa shape index (κ3) is 7.88. The Bertz CT molecular complexity index is 1470. The van der Waals surface area contributed by atoms with E-state index in [1.54, 1.807) is 18.3 Å². The number of fused-ring (bicyclic) bond motifs is 1. The van der Waals surface area contributed by atoms with Gasteiger partial charge in [-0.15, -0.1) is 0 Å². The van der Waals surface area contributed by atoms with Crippen molar-refractivity contribution in [3.05, 3.63) is 70.2 Å². The SMILES string of the molecule is O=C(/C=C/CC[C@H](NC(O)c1ccc2c(c1)NCCC2)C(=O)Nc1cccn(CC(O)NC23CC(C2)C3)c1=O)NC1CCCCC1. The molecule has 1 aliphatic heterocycles. The van der Waals surface area contributed by atoms with Gasteiger partial charge >= 0.3 is 0 Å². The van der Waals surface area contributed by atoms with Gasteiger partial charge in [-0.25, -0.2) is 0 Å². The van der Waals surface area contributed by atoms with Crippen molar-refractivity contribution in [3.63, 3.8) is 0 Å². The van der Waals surface area contributed by atoms with Gasteiger partial charge in [0.05, 0.1) is 12.6 Å². The van der Waals surface area contributed by atoms with Gasteiger partial charge in [0.1, 0.15) is 18.1 Å². The van der Waals surface area contributed by atoms with E-state index < -0.39 is 30.0 Å². The van der Waals surface area contributed by atoms with Gasteiger partial charge in [0.15, 0.2) is 0 Å². The average molecular weight is 633 g/mol. The number of amides is 2. The number of allylic oxidation sites excluding steroid dienone is 1. The second-order valence-corrected chi connectivity index (χ2v) is 13.7. The number of carbonyl (C=O) groups is 2. The number of aromatic nitrogens is 1. The minimum absolute atomic E-state index is 0.0123. The second kappa shape index (κ2) is 14.5. The first kappa shape index (κ1) is 32.4. The number of hydrogen-bond acceptors (Lipinski definition) is 8. The standard InChI is InChI=1S/C35H48N6O5/c42-30(37-26-9-2-1-3-10-26)13-5-4-11-27(38-32(44)25-15-14-24-8-6-16-36-29(24)18-25)33(45)39-28-12-7-17-41(34(28)46)22-31(43)40-35-19-23(20-35)21-35/h5,7,12-15,17-18,23,26-27,31-32,36,38,40,43-44H,1-4,6,8-11,16,19-22H2,(H,37,42)(H,39,45)/b13-5+/t23?,27-,31?,32?,35?/m0/s1. The normalized spacial score (nSPS) is 24.1. The van der Waals surface area contributed by atoms with E-state index in [9.17, 15) is 24.6 Å². The third-order valence-electron chi connectivity index (χ3n) is 10.1. The fourth-order valence-electron chi connectivity index (χ4n) is 7.41. The van der Waals surface area contributed by atoms with Crippen molar-refractivity contribution in [1.29, 1.82) is 0 Å². The lowest BCUT2D eigenvalue weighted by atomic mass is 9.50. The summed E-state index contributed by atoms with van der Waals surface area (Å²) in [5.41, 5.74) is 2.48. The average Bonchev–Trinajstić information content (AvgIpc) is 3.02. The van der Waals surface area contributed by atoms with E-state index in [0.717, 1.165) is 75.9 Å². The highest BCUT2D eigenvalue weighted by Crippen LogP contribution is 2.57. The Kier molecular flexibility index (Phi) is 10.2. The first-order chi connectivity index (χ1) is 22.3. The van der Waals surface area contributed by atoms with Crippen LogP contribution in [0.1, 0.15) is 88.0 Å². The minimum atomic E-state index is -1.13. The molecule has 1 aromatic heterocycles. The zero-order chi connectivity index (χ0) is 32.1. The van der Waals surface area contributed by atoms with Crippen LogP contribution in [0.3, 0.4) is 0 Å². The molecule has 2 bridgehead atoms. The molecule has 4 fully saturated rings. The number of hydrogen-bond donors (Lipinski definition) is 7. The molecular formula is C35H48N6O5. The van der Waals surface area contributed by atoms with Crippen LogP contribution >= 0.6 is 0 Å². The molecule has 2 unspecified atom stereocenters. The monoisotopic (exact) mass is 632 g/mol. The van der Waals surface area contributed by atoms with E-state index in [4.69, 9.17) is 0 Å². The smallest absolute Gasteiger partial charge is 0.274 e. The molecule has 11 heteroatoms. The van der Waals surface area contributed by atoms with Crippen molar-refractivity contribution in [1.82, 2.24) is 20.5 Å². The summed E-state index contributed by atoms with van der Waals surface area (Å²) in [6, 6.07) is 8.30. The summed E-state index contributed by atoms with van der Waals surface area (Å²) in [5.74, 6) is 0.148. The van der Waals surface area contributed by atoms with Gasteiger partial charge < -0.3 is 30.7 Å². The van der Waals surface area contributed by atoms with E-state index in [2.05, 4.69) is 26.6 Å². The number of pyridine rings is 1. The Morgan fingerprint density at radius 1 is 1.09 bits per heavy atom. The van der Waals surface area contributed by atoms with Crippen LogP contribution in [0.2, 0.25) is 0 Å². The van der Waals surface area contributed by atoms with Crippen molar-refractivity contribution in [2.75, 3.05) is 17.2 Å². The molecule has 4 saturated carbocycles. The second-order valence-electron chi connectivity index (χ2n) is 13.7. The van der Waals surface area contributed by atoms with Crippen LogP contribution in [-0.2, 0) is 22.6 Å². The van der Waals surface area contributed by atoms with Crippen molar-refractivity contribution in [3.8, 4) is 0 Å². The molecule has 46 heavy (non-hydrogen) atoms. The molecule has 7 rings (SSSR count). The molecular weight excluding hydrogens is 584 g/mol. The zero-order valence-electron chi connectivity index (χ0n) is 26.5. The number of nitrogens with one attached hydrogen (secondary N) is 5. The first-order valence-corrected chi connectivity index (χ1v) is 17.0. The number of nitrogens with zero attached hydrogens (tertiary/aromatic N) is 1. The lowest BCUT2D eigenvalue weighted by molar-refractivity contribution is -0.119. The number of benzene rings is 1. The summed E-state index contributed by atoms with van der Waals surface area (Å²) < 4.78 is 1.39. The number of aryl methyl sites for hydroxylation is 1. The maximum atomic E-state index is 13.6. The molecule has 0 saturated heterocycles. The molecule has 7 N–H and O–H groups in total. The summed E-state index contributed by atoms with van der Waals surface area (Å²) in [4.78, 5) is 39.4. The van der Waals surface area contributed by atoms with Crippen LogP contribution in [0.15, 0.2) is 53.5 Å². The molecule has 2 heterocycles. The molecule has 0 radical (unpaired) electrons. The molecule has 11 nitrogen and oxygen atoms in total. The van der Waals surface area contributed by atoms with Crippen LogP contribution in [-0.4, -0.2) is 57.0 Å². The highest BCUT2D eigenvalue weighted by molar-refractivity contribution is 5.94. The Hall–Kier alpha value is -3.51. The summed E-state index contributed by atoms with van der Waals surface area (Å²) in [5, 5.41) is 37.2. The minimum Gasteiger partial charge on any atom is -0.385 e. The van der Waals surface area contributed by atoms with Gasteiger partial charge in [-0.3, -0.25) is 25.0 Å². The molecule has 4 aliphatic carbocycles. The molecule has 2 amide bonds. The number of rotatable bonds is 14. The Morgan fingerprint density at radius 3 is 2.65 bits per heavy atom. The van der Waals surface area contributed by atoms with Crippen molar-refractivity contribution >= 4 is 23.2 Å². The molecule has 248 valence electrons. The van der Waals surface area contributed by atoms with E-state index in [0.29, 0.717) is 12.0 Å². The van der Waals surface area contributed by atoms with Crippen molar-refractivity contribution in [2.24, 2.45) is 5.92 Å². The number of carbonyl (C=O) groups excluding carboxylic acids is 2. The number of aliphatic hydroxyl groups excluding tert-OH is 2. The van der Waals surface area contributed by atoms with E-state index >= 15 is 0 Å². The van der Waals surface area contributed by atoms with Crippen LogP contribution < -0.4 is 32.1 Å². The van der Waals surface area contributed by atoms with Crippen LogP contribution in [0.25, 0.3) is 0 Å². The van der Waals surface area contributed by atoms with Crippen LogP contribution in [0.5, 0.6) is 0 Å². The Morgan fingerprint density at radius 2 is 1.89 bits per heavy atom. The van der Waals surface area contributed by atoms with E-state index in [1.807, 2.05) is 18.2 Å². The van der Waals surface area contributed by atoms with Crippen LogP contribution in [0.4, 0.5) is 11.4 Å². The highest BCUT2D eigenvalue weighted by Gasteiger charge is 2.56. The van der Waals surface area contributed by atoms with Gasteiger partial charge in [-0.2, -0.15) is 0 Å². The Balaban J connectivity index is 1.10. The molecule has 1 aromatic carbocycles. The topological polar surface area (TPSA) is 157 Å². The summed E-state index contributed by atoms with van der Waals surface area (Å²) in [6.07, 6.45) is 14.2. The highest BCUT2D eigenvalue weighted by atomic mass is 16.3. The third-order valence-corrected chi connectivity index (χ3v) is 10.1. The fourth-order valence-corrected chi connectivity index (χ4v) is 7.41. The fraction of sp³-hybridized carbons (Fsp3) is 0.571. The molecule has 3 atom stereocenters. The summed E-state index contributed by atoms with van der Waals surface area (Å²) in [7, 11) is 0. The molecule has 2 aromatic rings. The van der Waals surface area contributed by atoms with Gasteiger partial charge in [0.2, 0.25) is 11.8 Å². The molecule has 5 aliphatic rings. The largest absolute Gasteiger partial charge is 0.385 e. The quantitative estimate of drug-likeness (QED) is 0.124. The summed E-state index contributed by atoms with van der Waals surface area (Å²) >= 11 is 0. The lowest BCUT2D eigenvalue weighted by Gasteiger charge is -2.62. The van der Waals surface area contributed by atoms with E-state index in [1.165, 1.54) is 28.7 Å². The maximum absolute atomic E-state index is 13.6. The van der Waals surface area contributed by atoms with Crippen molar-refractivity contribution in [2.45, 2.75) is 114 Å². The first-order valence-electron chi connectivity index (χ1n) is 17.0. The molecule has 0 spiro atoms. The summed E-state index contributed by atoms with van der Waals surface area (Å²) in [6.45, 7) is 0.935. The lowest BCUT2D eigenvalue weighted by Crippen LogP contribution is -2.69. The van der Waals surface area contributed by atoms with E-state index in [-0.39, 0.29) is 36.1 Å². The Labute approximate surface area is 270 Å². The predicted molar refractivity (Wildman–Crippen MR) is 177 cm³/mol. The predicted octanol–water partition coefficient (Wildman–Crippen LogP) is 3.04.